The number of nitrogens with zero attached hydrogens (tertiary/aromatic N) is 2. The minimum atomic E-state index is 1.20. The van der Waals surface area contributed by atoms with Gasteiger partial charge in [0, 0.05) is 31.9 Å². The van der Waals surface area contributed by atoms with Gasteiger partial charge in [0.25, 0.3) is 0 Å². The van der Waals surface area contributed by atoms with Crippen LogP contribution in [-0.2, 0) is 0 Å². The molecule has 2 aliphatic rings. The van der Waals surface area contributed by atoms with Gasteiger partial charge < -0.3 is 9.80 Å². The van der Waals surface area contributed by atoms with Crippen LogP contribution in [0.3, 0.4) is 0 Å². The third-order valence-corrected chi connectivity index (χ3v) is 2.90. The van der Waals surface area contributed by atoms with Crippen molar-refractivity contribution in [2.24, 2.45) is 0 Å². The summed E-state index contributed by atoms with van der Waals surface area (Å²) < 4.78 is 0. The third-order valence-electron chi connectivity index (χ3n) is 2.90. The van der Waals surface area contributed by atoms with Crippen LogP contribution in [0.2, 0.25) is 0 Å². The highest BCUT2D eigenvalue weighted by Gasteiger charge is 2.15. The molecule has 0 radical (unpaired) electrons. The van der Waals surface area contributed by atoms with Gasteiger partial charge in [0.1, 0.15) is 0 Å². The molecule has 1 fully saturated rings. The molecular formula is C11H18N2. The zero-order chi connectivity index (χ0) is 9.10. The normalized spacial score (nSPS) is 24.7. The maximum Gasteiger partial charge on any atom is 0.0303 e. The van der Waals surface area contributed by atoms with Gasteiger partial charge in [0.05, 0.1) is 0 Å². The lowest BCUT2D eigenvalue weighted by molar-refractivity contribution is 0.182. The predicted molar refractivity (Wildman–Crippen MR) is 55.5 cm³/mol. The minimum Gasteiger partial charge on any atom is -0.372 e. The Morgan fingerprint density at radius 3 is 2.54 bits per heavy atom. The van der Waals surface area contributed by atoms with Gasteiger partial charge in [-0.25, -0.2) is 0 Å². The lowest BCUT2D eigenvalue weighted by Crippen LogP contribution is -2.43. The van der Waals surface area contributed by atoms with Crippen LogP contribution in [0.4, 0.5) is 0 Å². The molecule has 0 aromatic rings. The molecule has 1 saturated heterocycles. The molecule has 2 heteroatoms. The summed E-state index contributed by atoms with van der Waals surface area (Å²) in [6.07, 6.45) is 9.17. The molecule has 0 bridgehead atoms. The van der Waals surface area contributed by atoms with E-state index >= 15 is 0 Å². The van der Waals surface area contributed by atoms with Crippen molar-refractivity contribution in [2.75, 3.05) is 33.2 Å². The van der Waals surface area contributed by atoms with E-state index in [0.717, 1.165) is 0 Å². The second kappa shape index (κ2) is 3.97. The smallest absolute Gasteiger partial charge is 0.0303 e. The van der Waals surface area contributed by atoms with E-state index in [2.05, 4.69) is 35.1 Å². The third kappa shape index (κ3) is 2.13. The van der Waals surface area contributed by atoms with Crippen molar-refractivity contribution in [1.82, 2.24) is 9.80 Å². The van der Waals surface area contributed by atoms with E-state index in [9.17, 15) is 0 Å². The first-order valence-electron chi connectivity index (χ1n) is 5.15. The van der Waals surface area contributed by atoms with Gasteiger partial charge in [-0.15, -0.1) is 0 Å². The molecule has 1 aliphatic heterocycles. The Labute approximate surface area is 80.5 Å². The van der Waals surface area contributed by atoms with Gasteiger partial charge in [0.2, 0.25) is 0 Å². The Bertz CT molecular complexity index is 222. The van der Waals surface area contributed by atoms with Crippen molar-refractivity contribution in [3.05, 3.63) is 23.9 Å². The van der Waals surface area contributed by atoms with Crippen LogP contribution < -0.4 is 0 Å². The molecule has 72 valence electrons. The van der Waals surface area contributed by atoms with Crippen LogP contribution in [-0.4, -0.2) is 43.0 Å². The quantitative estimate of drug-likeness (QED) is 0.600. The second-order valence-electron chi connectivity index (χ2n) is 3.92. The molecule has 1 heterocycles. The van der Waals surface area contributed by atoms with Gasteiger partial charge >= 0.3 is 0 Å². The molecule has 1 aliphatic carbocycles. The van der Waals surface area contributed by atoms with Crippen LogP contribution in [0.15, 0.2) is 23.9 Å². The van der Waals surface area contributed by atoms with E-state index in [-0.39, 0.29) is 0 Å². The van der Waals surface area contributed by atoms with E-state index in [4.69, 9.17) is 0 Å². The Kier molecular flexibility index (Phi) is 2.69. The first-order valence-corrected chi connectivity index (χ1v) is 5.15. The number of hydrogen-bond acceptors (Lipinski definition) is 2. The van der Waals surface area contributed by atoms with E-state index in [0.29, 0.717) is 0 Å². The molecule has 2 nitrogen and oxygen atoms in total. The molecule has 0 amide bonds. The maximum absolute atomic E-state index is 2.53. The number of allylic oxidation sites excluding steroid dienone is 4. The molecule has 0 atom stereocenters. The molecule has 0 aromatic carbocycles. The average molecular weight is 178 g/mol. The van der Waals surface area contributed by atoms with E-state index in [1.165, 1.54) is 44.7 Å². The van der Waals surface area contributed by atoms with Crippen molar-refractivity contribution in [2.45, 2.75) is 12.8 Å². The van der Waals surface area contributed by atoms with Crippen LogP contribution in [0.5, 0.6) is 0 Å². The minimum absolute atomic E-state index is 1.20. The maximum atomic E-state index is 2.53. The van der Waals surface area contributed by atoms with Crippen molar-refractivity contribution < 1.29 is 0 Å². The Morgan fingerprint density at radius 2 is 1.92 bits per heavy atom. The van der Waals surface area contributed by atoms with Crippen molar-refractivity contribution in [3.8, 4) is 0 Å². The lowest BCUT2D eigenvalue weighted by atomic mass is 10.1. The number of likely N-dealkylation sites (N-methyl/N-ethyl adjacent to an activating group) is 1. The average Bonchev–Trinajstić information content (AvgIpc) is 2.20. The zero-order valence-corrected chi connectivity index (χ0v) is 8.37. The van der Waals surface area contributed by atoms with E-state index in [1.54, 1.807) is 0 Å². The molecular weight excluding hydrogens is 160 g/mol. The highest BCUT2D eigenvalue weighted by molar-refractivity contribution is 5.17. The van der Waals surface area contributed by atoms with Crippen LogP contribution in [0, 0.1) is 0 Å². The van der Waals surface area contributed by atoms with Gasteiger partial charge in [-0.1, -0.05) is 12.2 Å². The highest BCUT2D eigenvalue weighted by Crippen LogP contribution is 2.17. The molecule has 13 heavy (non-hydrogen) atoms. The standard InChI is InChI=1S/C11H18N2/c1-12-7-9-13(10-8-12)11-5-3-2-4-6-11/h2-3,5H,4,6-10H2,1H3. The fourth-order valence-corrected chi connectivity index (χ4v) is 1.95. The summed E-state index contributed by atoms with van der Waals surface area (Å²) in [5.41, 5.74) is 1.54. The summed E-state index contributed by atoms with van der Waals surface area (Å²) >= 11 is 0. The Hall–Kier alpha value is -0.760. The monoisotopic (exact) mass is 178 g/mol. The fourth-order valence-electron chi connectivity index (χ4n) is 1.95. The van der Waals surface area contributed by atoms with Crippen LogP contribution in [0.1, 0.15) is 12.8 Å². The van der Waals surface area contributed by atoms with E-state index in [1.807, 2.05) is 0 Å². The summed E-state index contributed by atoms with van der Waals surface area (Å²) in [6.45, 7) is 4.83. The number of rotatable bonds is 1. The first-order chi connectivity index (χ1) is 6.36. The molecule has 0 unspecified atom stereocenters. The predicted octanol–water partition coefficient (Wildman–Crippen LogP) is 1.47. The van der Waals surface area contributed by atoms with Crippen LogP contribution >= 0.6 is 0 Å². The topological polar surface area (TPSA) is 6.48 Å². The molecule has 0 N–H and O–H groups in total. The van der Waals surface area contributed by atoms with Gasteiger partial charge in [-0.2, -0.15) is 0 Å². The first kappa shape index (κ1) is 8.82. The SMILES string of the molecule is CN1CCN(C2=CC=CCC2)CC1. The fraction of sp³-hybridized carbons (Fsp3) is 0.636. The summed E-state index contributed by atoms with van der Waals surface area (Å²) in [7, 11) is 2.20. The Balaban J connectivity index is 1.93. The molecule has 0 spiro atoms. The lowest BCUT2D eigenvalue weighted by Gasteiger charge is -2.36. The number of hydrogen-bond donors (Lipinski definition) is 0. The van der Waals surface area contributed by atoms with Crippen molar-refractivity contribution in [1.29, 1.82) is 0 Å². The van der Waals surface area contributed by atoms with Crippen molar-refractivity contribution in [3.63, 3.8) is 0 Å². The summed E-state index contributed by atoms with van der Waals surface area (Å²) in [6, 6.07) is 0. The summed E-state index contributed by atoms with van der Waals surface area (Å²) in [5.74, 6) is 0. The number of piperazine rings is 1. The van der Waals surface area contributed by atoms with E-state index < -0.39 is 0 Å². The second-order valence-corrected chi connectivity index (χ2v) is 3.92. The highest BCUT2D eigenvalue weighted by atomic mass is 15.2. The molecule has 0 aromatic heterocycles. The molecule has 0 saturated carbocycles. The van der Waals surface area contributed by atoms with Gasteiger partial charge in [-0.3, -0.25) is 0 Å². The van der Waals surface area contributed by atoms with Gasteiger partial charge in [-0.05, 0) is 26.0 Å². The summed E-state index contributed by atoms with van der Waals surface area (Å²) in [4.78, 5) is 4.93. The zero-order valence-electron chi connectivity index (χ0n) is 8.37. The van der Waals surface area contributed by atoms with Crippen molar-refractivity contribution >= 4 is 0 Å². The Morgan fingerprint density at radius 1 is 1.15 bits per heavy atom. The van der Waals surface area contributed by atoms with Crippen LogP contribution in [0.25, 0.3) is 0 Å². The molecule has 2 rings (SSSR count). The summed E-state index contributed by atoms with van der Waals surface area (Å²) in [5, 5.41) is 0. The largest absolute Gasteiger partial charge is 0.372 e. The van der Waals surface area contributed by atoms with Gasteiger partial charge in [0.15, 0.2) is 0 Å².